The molecule has 19 heavy (non-hydrogen) atoms. The third-order valence-corrected chi connectivity index (χ3v) is 3.13. The van der Waals surface area contributed by atoms with Gasteiger partial charge in [-0.2, -0.15) is 0 Å². The summed E-state index contributed by atoms with van der Waals surface area (Å²) in [6.07, 6.45) is 1.41. The van der Waals surface area contributed by atoms with E-state index in [2.05, 4.69) is 42.2 Å². The largest absolute Gasteiger partial charge is 0.317 e. The van der Waals surface area contributed by atoms with Gasteiger partial charge in [0.05, 0.1) is 0 Å². The summed E-state index contributed by atoms with van der Waals surface area (Å²) in [6.45, 7) is 0. The molecule has 0 radical (unpaired) electrons. The number of carbonyl (C=O) groups excluding carboxylic acids is 1. The Morgan fingerprint density at radius 3 is 2.37 bits per heavy atom. The van der Waals surface area contributed by atoms with Crippen LogP contribution in [0.2, 0.25) is 0 Å². The fraction of sp³-hybridized carbons (Fsp3) is 0. The van der Waals surface area contributed by atoms with Crippen molar-refractivity contribution in [2.75, 3.05) is 5.32 Å². The number of rotatable bonds is 2. The van der Waals surface area contributed by atoms with Gasteiger partial charge >= 0.3 is 0 Å². The highest BCUT2D eigenvalue weighted by Gasteiger charge is 2.15. The Morgan fingerprint density at radius 2 is 1.79 bits per heavy atom. The molecular formula is C12H6Br2F2N2O. The lowest BCUT2D eigenvalue weighted by Crippen LogP contribution is -2.14. The van der Waals surface area contributed by atoms with Crippen LogP contribution in [0.3, 0.4) is 0 Å². The summed E-state index contributed by atoms with van der Waals surface area (Å²) >= 11 is 6.07. The molecule has 0 aliphatic rings. The van der Waals surface area contributed by atoms with Gasteiger partial charge in [-0.05, 0) is 40.2 Å². The van der Waals surface area contributed by atoms with Crippen LogP contribution in [-0.2, 0) is 0 Å². The van der Waals surface area contributed by atoms with Gasteiger partial charge in [-0.3, -0.25) is 4.79 Å². The number of benzene rings is 1. The summed E-state index contributed by atoms with van der Waals surface area (Å²) in [5.74, 6) is -2.33. The van der Waals surface area contributed by atoms with Crippen LogP contribution >= 0.6 is 31.9 Å². The number of hydrogen-bond donors (Lipinski definition) is 1. The molecule has 0 saturated heterocycles. The average molecular weight is 392 g/mol. The van der Waals surface area contributed by atoms with Crippen molar-refractivity contribution < 1.29 is 13.6 Å². The number of halogens is 4. The van der Waals surface area contributed by atoms with Crippen molar-refractivity contribution in [2.24, 2.45) is 0 Å². The molecule has 98 valence electrons. The quantitative estimate of drug-likeness (QED) is 0.782. The minimum atomic E-state index is -0.853. The smallest absolute Gasteiger partial charge is 0.255 e. The SMILES string of the molecule is O=C(Nc1c(F)cc(Br)cc1F)c1ccnc(Br)c1. The predicted molar refractivity (Wildman–Crippen MR) is 73.9 cm³/mol. The summed E-state index contributed by atoms with van der Waals surface area (Å²) in [5, 5.41) is 2.19. The van der Waals surface area contributed by atoms with Crippen LogP contribution < -0.4 is 5.32 Å². The topological polar surface area (TPSA) is 42.0 Å². The summed E-state index contributed by atoms with van der Waals surface area (Å²) in [4.78, 5) is 15.7. The van der Waals surface area contributed by atoms with Crippen LogP contribution in [0.25, 0.3) is 0 Å². The number of nitrogens with one attached hydrogen (secondary N) is 1. The van der Waals surface area contributed by atoms with Crippen LogP contribution in [0.5, 0.6) is 0 Å². The minimum absolute atomic E-state index is 0.239. The molecule has 1 N–H and O–H groups in total. The second kappa shape index (κ2) is 5.75. The fourth-order valence-electron chi connectivity index (χ4n) is 1.39. The van der Waals surface area contributed by atoms with Crippen LogP contribution in [0.4, 0.5) is 14.5 Å². The highest BCUT2D eigenvalue weighted by Crippen LogP contribution is 2.24. The van der Waals surface area contributed by atoms with E-state index < -0.39 is 23.2 Å². The number of amides is 1. The Balaban J connectivity index is 2.29. The van der Waals surface area contributed by atoms with E-state index in [1.165, 1.54) is 18.3 Å². The van der Waals surface area contributed by atoms with Crippen molar-refractivity contribution in [1.29, 1.82) is 0 Å². The van der Waals surface area contributed by atoms with Crippen molar-refractivity contribution in [1.82, 2.24) is 4.98 Å². The molecule has 7 heteroatoms. The van der Waals surface area contributed by atoms with Gasteiger partial charge in [0.1, 0.15) is 10.3 Å². The second-order valence-electron chi connectivity index (χ2n) is 3.57. The summed E-state index contributed by atoms with van der Waals surface area (Å²) < 4.78 is 27.8. The van der Waals surface area contributed by atoms with Gasteiger partial charge in [0.2, 0.25) is 0 Å². The zero-order chi connectivity index (χ0) is 14.0. The van der Waals surface area contributed by atoms with Crippen molar-refractivity contribution in [3.8, 4) is 0 Å². The molecule has 0 spiro atoms. The Hall–Kier alpha value is -1.34. The first-order valence-electron chi connectivity index (χ1n) is 5.05. The lowest BCUT2D eigenvalue weighted by molar-refractivity contribution is 0.102. The van der Waals surface area contributed by atoms with Gasteiger partial charge in [-0.25, -0.2) is 13.8 Å². The Bertz CT molecular complexity index is 626. The molecule has 0 aliphatic carbocycles. The maximum absolute atomic E-state index is 13.6. The van der Waals surface area contributed by atoms with E-state index in [1.807, 2.05) is 0 Å². The molecule has 1 aromatic carbocycles. The summed E-state index contributed by atoms with van der Waals surface area (Å²) in [5.41, 5.74) is -0.246. The molecule has 0 unspecified atom stereocenters. The number of carbonyl (C=O) groups is 1. The highest BCUT2D eigenvalue weighted by atomic mass is 79.9. The van der Waals surface area contributed by atoms with Crippen molar-refractivity contribution >= 4 is 43.5 Å². The van der Waals surface area contributed by atoms with Crippen molar-refractivity contribution in [3.63, 3.8) is 0 Å². The van der Waals surface area contributed by atoms with Gasteiger partial charge in [-0.1, -0.05) is 15.9 Å². The van der Waals surface area contributed by atoms with Gasteiger partial charge in [-0.15, -0.1) is 0 Å². The minimum Gasteiger partial charge on any atom is -0.317 e. The first-order valence-corrected chi connectivity index (χ1v) is 6.63. The first-order chi connectivity index (χ1) is 8.97. The molecule has 0 atom stereocenters. The third kappa shape index (κ3) is 3.36. The molecule has 1 heterocycles. The van der Waals surface area contributed by atoms with E-state index in [9.17, 15) is 13.6 Å². The van der Waals surface area contributed by atoms with Gasteiger partial charge in [0.15, 0.2) is 11.6 Å². The van der Waals surface area contributed by atoms with Crippen molar-refractivity contribution in [3.05, 3.63) is 56.7 Å². The number of aromatic nitrogens is 1. The standard InChI is InChI=1S/C12H6Br2F2N2O/c13-7-4-8(15)11(9(16)5-7)18-12(19)6-1-2-17-10(14)3-6/h1-5H,(H,18,19). The summed E-state index contributed by atoms with van der Waals surface area (Å²) in [7, 11) is 0. The lowest BCUT2D eigenvalue weighted by Gasteiger charge is -2.08. The maximum Gasteiger partial charge on any atom is 0.255 e. The normalized spacial score (nSPS) is 10.3. The van der Waals surface area contributed by atoms with Crippen LogP contribution in [0, 0.1) is 11.6 Å². The Labute approximate surface area is 124 Å². The van der Waals surface area contributed by atoms with E-state index >= 15 is 0 Å². The fourth-order valence-corrected chi connectivity index (χ4v) is 2.16. The van der Waals surface area contributed by atoms with Gasteiger partial charge < -0.3 is 5.32 Å². The van der Waals surface area contributed by atoms with E-state index in [4.69, 9.17) is 0 Å². The average Bonchev–Trinajstić information content (AvgIpc) is 2.33. The zero-order valence-electron chi connectivity index (χ0n) is 9.25. The van der Waals surface area contributed by atoms with E-state index in [-0.39, 0.29) is 10.0 Å². The Kier molecular flexibility index (Phi) is 4.26. The molecule has 0 saturated carbocycles. The summed E-state index contributed by atoms with van der Waals surface area (Å²) in [6, 6.07) is 5.03. The van der Waals surface area contributed by atoms with Gasteiger partial charge in [0, 0.05) is 16.2 Å². The molecule has 0 aliphatic heterocycles. The molecule has 2 aromatic rings. The molecule has 3 nitrogen and oxygen atoms in total. The molecule has 2 rings (SSSR count). The van der Waals surface area contributed by atoms with Crippen LogP contribution in [0.15, 0.2) is 39.5 Å². The Morgan fingerprint density at radius 1 is 1.16 bits per heavy atom. The van der Waals surface area contributed by atoms with E-state index in [0.29, 0.717) is 4.60 Å². The van der Waals surface area contributed by atoms with Crippen LogP contribution in [0.1, 0.15) is 10.4 Å². The number of nitrogens with zero attached hydrogens (tertiary/aromatic N) is 1. The van der Waals surface area contributed by atoms with Crippen LogP contribution in [-0.4, -0.2) is 10.9 Å². The zero-order valence-corrected chi connectivity index (χ0v) is 12.4. The molecule has 1 amide bonds. The molecule has 0 bridgehead atoms. The number of hydrogen-bond acceptors (Lipinski definition) is 2. The third-order valence-electron chi connectivity index (χ3n) is 2.23. The number of anilines is 1. The predicted octanol–water partition coefficient (Wildman–Crippen LogP) is 4.14. The molecule has 1 aromatic heterocycles. The molecular weight excluding hydrogens is 386 g/mol. The first kappa shape index (κ1) is 14.1. The second-order valence-corrected chi connectivity index (χ2v) is 5.29. The van der Waals surface area contributed by atoms with Gasteiger partial charge in [0.25, 0.3) is 5.91 Å². The highest BCUT2D eigenvalue weighted by molar-refractivity contribution is 9.10. The molecule has 0 fully saturated rings. The lowest BCUT2D eigenvalue weighted by atomic mass is 10.2. The van der Waals surface area contributed by atoms with E-state index in [0.717, 1.165) is 12.1 Å². The maximum atomic E-state index is 13.6. The monoisotopic (exact) mass is 390 g/mol. The van der Waals surface area contributed by atoms with E-state index in [1.54, 1.807) is 0 Å². The van der Waals surface area contributed by atoms with Crippen molar-refractivity contribution in [2.45, 2.75) is 0 Å². The number of pyridine rings is 1.